The maximum atomic E-state index is 14.7. The van der Waals surface area contributed by atoms with Crippen LogP contribution in [0.3, 0.4) is 0 Å². The number of carbonyl (C=O) groups excluding carboxylic acids is 1. The van der Waals surface area contributed by atoms with E-state index in [2.05, 4.69) is 15.5 Å². The second-order valence-electron chi connectivity index (χ2n) is 10.9. The molecule has 12 nitrogen and oxygen atoms in total. The van der Waals surface area contributed by atoms with Crippen LogP contribution in [-0.4, -0.2) is 61.0 Å². The van der Waals surface area contributed by atoms with Crippen molar-refractivity contribution in [2.45, 2.75) is 83.8 Å². The summed E-state index contributed by atoms with van der Waals surface area (Å²) in [6.45, 7) is 5.48. The number of nitrogens with zero attached hydrogens (tertiary/aromatic N) is 5. The van der Waals surface area contributed by atoms with Crippen LogP contribution < -0.4 is 21.3 Å². The zero-order chi connectivity index (χ0) is 31.5. The Hall–Kier alpha value is -3.88. The monoisotopic (exact) mass is 628 g/mol. The highest BCUT2D eigenvalue weighted by Gasteiger charge is 2.31. The molecule has 5 rings (SSSR count). The third kappa shape index (κ3) is 6.06. The van der Waals surface area contributed by atoms with Gasteiger partial charge in [-0.2, -0.15) is 10.2 Å². The zero-order valence-electron chi connectivity index (χ0n) is 25.2. The SMILES string of the molecule is CCNC(=O)[C@@H](CC)n1c(=O)c2c(C)c(-n3nccn3)sc2n(C[C@H](OC2CCC(O)CC2)c2cc(F)ccc2OC)c1=O. The minimum absolute atomic E-state index is 0.105. The van der Waals surface area contributed by atoms with Crippen molar-refractivity contribution in [2.75, 3.05) is 13.7 Å². The van der Waals surface area contributed by atoms with Gasteiger partial charge in [0, 0.05) is 17.7 Å². The van der Waals surface area contributed by atoms with Gasteiger partial charge in [0.05, 0.1) is 43.6 Å². The zero-order valence-corrected chi connectivity index (χ0v) is 26.0. The van der Waals surface area contributed by atoms with Gasteiger partial charge in [-0.05, 0) is 64.2 Å². The lowest BCUT2D eigenvalue weighted by Gasteiger charge is -2.31. The molecule has 0 bridgehead atoms. The van der Waals surface area contributed by atoms with Crippen molar-refractivity contribution in [2.24, 2.45) is 0 Å². The first-order valence-corrected chi connectivity index (χ1v) is 15.6. The number of aliphatic hydroxyl groups is 1. The summed E-state index contributed by atoms with van der Waals surface area (Å²) < 4.78 is 29.2. The van der Waals surface area contributed by atoms with Crippen LogP contribution in [0.5, 0.6) is 5.75 Å². The molecule has 1 saturated carbocycles. The van der Waals surface area contributed by atoms with Gasteiger partial charge in [-0.25, -0.2) is 13.8 Å². The standard InChI is InChI=1S/C30H37FN6O6S/c1-5-22(26(39)32-6-2)36-27(40)25-17(3)28(37-33-13-14-34-37)44-29(25)35(30(36)41)16-24(43-20-10-8-19(38)9-11-20)21-15-18(31)7-12-23(21)42-4/h7,12-15,19-20,22,24,38H,5-6,8-11,16H2,1-4H3,(H,32,39)/t19?,20?,22-,24+/m1/s1. The first-order valence-electron chi connectivity index (χ1n) is 14.8. The molecule has 0 spiro atoms. The molecule has 2 N–H and O–H groups in total. The summed E-state index contributed by atoms with van der Waals surface area (Å²) in [5, 5.41) is 22.1. The molecular formula is C30H37FN6O6S. The number of aromatic nitrogens is 5. The van der Waals surface area contributed by atoms with Crippen LogP contribution in [0, 0.1) is 12.7 Å². The maximum Gasteiger partial charge on any atom is 0.332 e. The molecule has 1 aliphatic rings. The molecule has 1 aliphatic carbocycles. The highest BCUT2D eigenvalue weighted by Crippen LogP contribution is 2.36. The van der Waals surface area contributed by atoms with Crippen molar-refractivity contribution in [3.8, 4) is 10.8 Å². The van der Waals surface area contributed by atoms with E-state index >= 15 is 0 Å². The fourth-order valence-electron chi connectivity index (χ4n) is 5.83. The minimum atomic E-state index is -1.06. The van der Waals surface area contributed by atoms with E-state index in [1.165, 1.54) is 58.4 Å². The fraction of sp³-hybridized carbons (Fsp3) is 0.500. The first kappa shape index (κ1) is 31.5. The number of hydrogen-bond acceptors (Lipinski definition) is 9. The summed E-state index contributed by atoms with van der Waals surface area (Å²) in [5.41, 5.74) is -0.325. The number of fused-ring (bicyclic) bond motifs is 1. The molecule has 236 valence electrons. The van der Waals surface area contributed by atoms with E-state index in [1.807, 2.05) is 0 Å². The van der Waals surface area contributed by atoms with Gasteiger partial charge in [0.1, 0.15) is 33.5 Å². The topological polar surface area (TPSA) is 143 Å². The maximum absolute atomic E-state index is 14.7. The molecule has 0 radical (unpaired) electrons. The van der Waals surface area contributed by atoms with E-state index in [9.17, 15) is 23.9 Å². The van der Waals surface area contributed by atoms with Gasteiger partial charge >= 0.3 is 5.69 Å². The molecule has 0 saturated heterocycles. The number of methoxy groups -OCH3 is 1. The predicted molar refractivity (Wildman–Crippen MR) is 163 cm³/mol. The van der Waals surface area contributed by atoms with E-state index in [0.29, 0.717) is 58.9 Å². The van der Waals surface area contributed by atoms with Gasteiger partial charge in [-0.15, -0.1) is 4.80 Å². The summed E-state index contributed by atoms with van der Waals surface area (Å²) in [6, 6.07) is 3.05. The highest BCUT2D eigenvalue weighted by atomic mass is 32.1. The summed E-state index contributed by atoms with van der Waals surface area (Å²) in [4.78, 5) is 43.3. The number of benzene rings is 1. The molecule has 2 atom stereocenters. The summed E-state index contributed by atoms with van der Waals surface area (Å²) in [7, 11) is 1.47. The molecule has 3 aromatic heterocycles. The Labute approximate surface area is 257 Å². The normalized spacial score (nSPS) is 18.3. The second-order valence-corrected chi connectivity index (χ2v) is 11.8. The van der Waals surface area contributed by atoms with Crippen molar-refractivity contribution >= 4 is 27.5 Å². The molecular weight excluding hydrogens is 591 g/mol. The Morgan fingerprint density at radius 2 is 1.89 bits per heavy atom. The molecule has 1 fully saturated rings. The van der Waals surface area contributed by atoms with Crippen molar-refractivity contribution in [3.63, 3.8) is 0 Å². The van der Waals surface area contributed by atoms with Crippen molar-refractivity contribution in [1.29, 1.82) is 0 Å². The summed E-state index contributed by atoms with van der Waals surface area (Å²) >= 11 is 1.17. The summed E-state index contributed by atoms with van der Waals surface area (Å²) in [6.07, 6.45) is 3.97. The van der Waals surface area contributed by atoms with Gasteiger partial charge in [0.15, 0.2) is 0 Å². The average molecular weight is 629 g/mol. The van der Waals surface area contributed by atoms with Crippen molar-refractivity contribution in [1.82, 2.24) is 29.4 Å². The van der Waals surface area contributed by atoms with Crippen LogP contribution in [0.4, 0.5) is 4.39 Å². The number of hydrogen-bond donors (Lipinski definition) is 2. The number of aliphatic hydroxyl groups excluding tert-OH is 1. The fourth-order valence-corrected chi connectivity index (χ4v) is 7.05. The molecule has 0 unspecified atom stereocenters. The first-order chi connectivity index (χ1) is 21.2. The Kier molecular flexibility index (Phi) is 9.61. The van der Waals surface area contributed by atoms with E-state index in [4.69, 9.17) is 9.47 Å². The molecule has 1 amide bonds. The van der Waals surface area contributed by atoms with Crippen LogP contribution in [0.2, 0.25) is 0 Å². The number of rotatable bonds is 11. The Morgan fingerprint density at radius 1 is 1.18 bits per heavy atom. The van der Waals surface area contributed by atoms with E-state index in [-0.39, 0.29) is 24.5 Å². The molecule has 3 heterocycles. The van der Waals surface area contributed by atoms with Gasteiger partial charge < -0.3 is 19.9 Å². The van der Waals surface area contributed by atoms with Crippen LogP contribution in [0.25, 0.3) is 15.2 Å². The molecule has 0 aliphatic heterocycles. The third-order valence-corrected chi connectivity index (χ3v) is 9.34. The third-order valence-electron chi connectivity index (χ3n) is 8.06. The Bertz CT molecular complexity index is 1740. The van der Waals surface area contributed by atoms with E-state index in [1.54, 1.807) is 20.8 Å². The van der Waals surface area contributed by atoms with Gasteiger partial charge in [-0.1, -0.05) is 18.3 Å². The number of carbonyl (C=O) groups is 1. The van der Waals surface area contributed by atoms with Crippen LogP contribution >= 0.6 is 11.3 Å². The second kappa shape index (κ2) is 13.4. The number of ether oxygens (including phenoxy) is 2. The largest absolute Gasteiger partial charge is 0.496 e. The number of aryl methyl sites for hydroxylation is 1. The predicted octanol–water partition coefficient (Wildman–Crippen LogP) is 3.41. The lowest BCUT2D eigenvalue weighted by atomic mass is 9.94. The number of likely N-dealkylation sites (N-methyl/N-ethyl adjacent to an activating group) is 1. The van der Waals surface area contributed by atoms with Crippen molar-refractivity contribution in [3.05, 3.63) is 68.4 Å². The minimum Gasteiger partial charge on any atom is -0.496 e. The lowest BCUT2D eigenvalue weighted by molar-refractivity contribution is -0.124. The van der Waals surface area contributed by atoms with Gasteiger partial charge in [-0.3, -0.25) is 14.2 Å². The average Bonchev–Trinajstić information content (AvgIpc) is 3.66. The Balaban J connectivity index is 1.74. The van der Waals surface area contributed by atoms with Crippen LogP contribution in [0.15, 0.2) is 40.2 Å². The van der Waals surface area contributed by atoms with Gasteiger partial charge in [0.25, 0.3) is 5.56 Å². The van der Waals surface area contributed by atoms with Crippen LogP contribution in [-0.2, 0) is 16.1 Å². The molecule has 1 aromatic carbocycles. The van der Waals surface area contributed by atoms with Crippen molar-refractivity contribution < 1.29 is 23.8 Å². The number of thiophene rings is 1. The highest BCUT2D eigenvalue weighted by molar-refractivity contribution is 7.21. The number of nitrogens with one attached hydrogen (secondary N) is 1. The molecule has 4 aromatic rings. The summed E-state index contributed by atoms with van der Waals surface area (Å²) in [5.74, 6) is -0.568. The van der Waals surface area contributed by atoms with E-state index in [0.717, 1.165) is 4.57 Å². The molecule has 14 heteroatoms. The lowest BCUT2D eigenvalue weighted by Crippen LogP contribution is -2.47. The van der Waals surface area contributed by atoms with Crippen LogP contribution in [0.1, 0.15) is 69.2 Å². The number of halogens is 1. The van der Waals surface area contributed by atoms with Gasteiger partial charge in [0.2, 0.25) is 5.91 Å². The Morgan fingerprint density at radius 3 is 2.52 bits per heavy atom. The quantitative estimate of drug-likeness (QED) is 0.257. The van der Waals surface area contributed by atoms with E-state index < -0.39 is 41.2 Å². The molecule has 44 heavy (non-hydrogen) atoms. The number of amides is 1. The smallest absolute Gasteiger partial charge is 0.332 e.